The van der Waals surface area contributed by atoms with Crippen LogP contribution in [0, 0.1) is 0 Å². The van der Waals surface area contributed by atoms with Crippen molar-refractivity contribution in [2.24, 2.45) is 0 Å². The molecule has 2 aliphatic rings. The van der Waals surface area contributed by atoms with Crippen LogP contribution in [0.3, 0.4) is 0 Å². The molecule has 0 amide bonds. The Hall–Kier alpha value is -0.534. The molecule has 17 heavy (non-hydrogen) atoms. The van der Waals surface area contributed by atoms with Crippen LogP contribution in [0.2, 0.25) is 0 Å². The van der Waals surface area contributed by atoms with Gasteiger partial charge in [0, 0.05) is 16.8 Å². The van der Waals surface area contributed by atoms with Gasteiger partial charge in [-0.1, -0.05) is 48.6 Å². The molecule has 0 nitrogen and oxygen atoms in total. The topological polar surface area (TPSA) is 0 Å². The average Bonchev–Trinajstić information content (AvgIpc) is 2.15. The van der Waals surface area contributed by atoms with Crippen LogP contribution in [0.5, 0.6) is 0 Å². The molecular formula is C16H24Co. The minimum absolute atomic E-state index is 0. The molecule has 0 saturated carbocycles. The van der Waals surface area contributed by atoms with Gasteiger partial charge in [0.15, 0.2) is 0 Å². The molecule has 1 radical (unpaired) electrons. The largest absolute Gasteiger partial charge is 0.0845 e. The Morgan fingerprint density at radius 2 is 0.647 bits per heavy atom. The summed E-state index contributed by atoms with van der Waals surface area (Å²) in [6.07, 6.45) is 28.0. The summed E-state index contributed by atoms with van der Waals surface area (Å²) in [5.41, 5.74) is 0. The van der Waals surface area contributed by atoms with E-state index in [1.54, 1.807) is 0 Å². The first-order chi connectivity index (χ1) is 8.00. The standard InChI is InChI=1S/2C8H12.Co/c2*1-2-4-6-8-7-5-3-1;/h2*1-4H,5-8H2;. The van der Waals surface area contributed by atoms with E-state index in [-0.39, 0.29) is 16.8 Å². The molecule has 0 spiro atoms. The zero-order chi connectivity index (χ0) is 11.3. The van der Waals surface area contributed by atoms with E-state index < -0.39 is 0 Å². The molecule has 0 atom stereocenters. The quantitative estimate of drug-likeness (QED) is 0.559. The van der Waals surface area contributed by atoms with Crippen LogP contribution in [0.4, 0.5) is 0 Å². The maximum atomic E-state index is 2.23. The smallest absolute Gasteiger partial charge is 0 e. The molecule has 2 aliphatic carbocycles. The van der Waals surface area contributed by atoms with Crippen LogP contribution in [-0.4, -0.2) is 0 Å². The Bertz CT molecular complexity index is 203. The van der Waals surface area contributed by atoms with Crippen molar-refractivity contribution >= 4 is 0 Å². The average molecular weight is 275 g/mol. The molecule has 0 heterocycles. The first-order valence-electron chi connectivity index (χ1n) is 6.63. The fourth-order valence-corrected chi connectivity index (χ4v) is 1.75. The van der Waals surface area contributed by atoms with Gasteiger partial charge < -0.3 is 0 Å². The molecule has 2 rings (SSSR count). The summed E-state index contributed by atoms with van der Waals surface area (Å²) in [6, 6.07) is 0. The molecule has 1 heteroatoms. The number of rotatable bonds is 0. The third-order valence-corrected chi connectivity index (χ3v) is 2.75. The normalized spacial score (nSPS) is 18.8. The molecule has 0 N–H and O–H groups in total. The Morgan fingerprint density at radius 3 is 0.882 bits per heavy atom. The Balaban J connectivity index is 0.000000284. The molecule has 0 aromatic carbocycles. The van der Waals surface area contributed by atoms with Crippen molar-refractivity contribution in [3.8, 4) is 0 Å². The van der Waals surface area contributed by atoms with Crippen LogP contribution in [0.25, 0.3) is 0 Å². The van der Waals surface area contributed by atoms with Crippen molar-refractivity contribution in [1.82, 2.24) is 0 Å². The van der Waals surface area contributed by atoms with E-state index in [4.69, 9.17) is 0 Å². The fraction of sp³-hybridized carbons (Fsp3) is 0.500. The van der Waals surface area contributed by atoms with Gasteiger partial charge in [0.05, 0.1) is 0 Å². The molecule has 0 unspecified atom stereocenters. The van der Waals surface area contributed by atoms with Crippen LogP contribution in [0.1, 0.15) is 51.4 Å². The van der Waals surface area contributed by atoms with Gasteiger partial charge in [-0.3, -0.25) is 0 Å². The predicted octanol–water partition coefficient (Wildman–Crippen LogP) is 5.34. The van der Waals surface area contributed by atoms with E-state index in [0.29, 0.717) is 0 Å². The Labute approximate surface area is 117 Å². The van der Waals surface area contributed by atoms with Crippen LogP contribution in [-0.2, 0) is 16.8 Å². The Morgan fingerprint density at radius 1 is 0.412 bits per heavy atom. The van der Waals surface area contributed by atoms with Gasteiger partial charge in [-0.2, -0.15) is 0 Å². The molecule has 0 aromatic rings. The minimum atomic E-state index is 0. The van der Waals surface area contributed by atoms with Crippen LogP contribution >= 0.6 is 0 Å². The third-order valence-electron chi connectivity index (χ3n) is 2.75. The number of allylic oxidation sites excluding steroid dienone is 8. The summed E-state index contributed by atoms with van der Waals surface area (Å²) in [4.78, 5) is 0. The first kappa shape index (κ1) is 16.5. The van der Waals surface area contributed by atoms with E-state index in [2.05, 4.69) is 48.6 Å². The third kappa shape index (κ3) is 11.7. The van der Waals surface area contributed by atoms with Crippen LogP contribution in [0.15, 0.2) is 48.6 Å². The van der Waals surface area contributed by atoms with E-state index in [0.717, 1.165) is 0 Å². The van der Waals surface area contributed by atoms with Crippen LogP contribution < -0.4 is 0 Å². The molecule has 0 aromatic heterocycles. The monoisotopic (exact) mass is 275 g/mol. The number of hydrogen-bond acceptors (Lipinski definition) is 0. The van der Waals surface area contributed by atoms with Crippen molar-refractivity contribution in [3.63, 3.8) is 0 Å². The molecule has 0 saturated heterocycles. The van der Waals surface area contributed by atoms with Gasteiger partial charge in [0.2, 0.25) is 0 Å². The van der Waals surface area contributed by atoms with Crippen molar-refractivity contribution in [3.05, 3.63) is 48.6 Å². The second kappa shape index (κ2) is 13.5. The Kier molecular flexibility index (Phi) is 13.1. The summed E-state index contributed by atoms with van der Waals surface area (Å²) in [7, 11) is 0. The maximum absolute atomic E-state index is 2.23. The van der Waals surface area contributed by atoms with Gasteiger partial charge in [0.1, 0.15) is 0 Å². The first-order valence-corrected chi connectivity index (χ1v) is 6.63. The maximum Gasteiger partial charge on any atom is 0 e. The van der Waals surface area contributed by atoms with Gasteiger partial charge in [-0.15, -0.1) is 0 Å². The molecule has 0 aliphatic heterocycles. The molecule has 97 valence electrons. The molecular weight excluding hydrogens is 251 g/mol. The van der Waals surface area contributed by atoms with Gasteiger partial charge >= 0.3 is 0 Å². The fourth-order valence-electron chi connectivity index (χ4n) is 1.75. The summed E-state index contributed by atoms with van der Waals surface area (Å²) in [5.74, 6) is 0. The van der Waals surface area contributed by atoms with E-state index in [9.17, 15) is 0 Å². The number of hydrogen-bond donors (Lipinski definition) is 0. The van der Waals surface area contributed by atoms with Gasteiger partial charge in [-0.05, 0) is 51.4 Å². The van der Waals surface area contributed by atoms with Gasteiger partial charge in [-0.25, -0.2) is 0 Å². The van der Waals surface area contributed by atoms with E-state index >= 15 is 0 Å². The molecule has 0 bridgehead atoms. The summed E-state index contributed by atoms with van der Waals surface area (Å²) in [5, 5.41) is 0. The molecule has 0 fully saturated rings. The van der Waals surface area contributed by atoms with E-state index in [1.807, 2.05) is 0 Å². The SMILES string of the molecule is C1=CCCCCC=C1.C1=CCCCCC=C1.[Co]. The van der Waals surface area contributed by atoms with E-state index in [1.165, 1.54) is 51.4 Å². The van der Waals surface area contributed by atoms with Crippen molar-refractivity contribution in [1.29, 1.82) is 0 Å². The zero-order valence-electron chi connectivity index (χ0n) is 10.6. The zero-order valence-corrected chi connectivity index (χ0v) is 11.7. The van der Waals surface area contributed by atoms with Crippen molar-refractivity contribution in [2.45, 2.75) is 51.4 Å². The minimum Gasteiger partial charge on any atom is -0.0845 e. The summed E-state index contributed by atoms with van der Waals surface area (Å²) < 4.78 is 0. The predicted molar refractivity (Wildman–Crippen MR) is 73.5 cm³/mol. The second-order valence-electron chi connectivity index (χ2n) is 4.28. The van der Waals surface area contributed by atoms with Crippen molar-refractivity contribution < 1.29 is 16.8 Å². The second-order valence-corrected chi connectivity index (χ2v) is 4.28. The summed E-state index contributed by atoms with van der Waals surface area (Å²) >= 11 is 0. The van der Waals surface area contributed by atoms with Gasteiger partial charge in [0.25, 0.3) is 0 Å². The summed E-state index contributed by atoms with van der Waals surface area (Å²) in [6.45, 7) is 0. The van der Waals surface area contributed by atoms with Crippen molar-refractivity contribution in [2.75, 3.05) is 0 Å².